The number of hydrogen-bond donors (Lipinski definition) is 1. The molecule has 0 aliphatic carbocycles. The number of carbonyl (C=O) groups is 1. The van der Waals surface area contributed by atoms with E-state index in [1.165, 1.54) is 12.8 Å². The maximum Gasteiger partial charge on any atom is 0.136 e. The summed E-state index contributed by atoms with van der Waals surface area (Å²) in [6.45, 7) is 5.02. The molecule has 1 heterocycles. The Balaban J connectivity index is 0.000000371. The van der Waals surface area contributed by atoms with Gasteiger partial charge < -0.3 is 10.1 Å². The first kappa shape index (κ1) is 9.63. The molecule has 10 heavy (non-hydrogen) atoms. The Hall–Kier alpha value is -0.370. The summed E-state index contributed by atoms with van der Waals surface area (Å²) in [5.74, 6) is 0. The highest BCUT2D eigenvalue weighted by Crippen LogP contribution is 2.03. The molecule has 1 aliphatic rings. The summed E-state index contributed by atoms with van der Waals surface area (Å²) in [6.07, 6.45) is 4.46. The van der Waals surface area contributed by atoms with Crippen molar-refractivity contribution in [1.82, 2.24) is 5.32 Å². The van der Waals surface area contributed by atoms with Gasteiger partial charge in [0, 0.05) is 0 Å². The largest absolute Gasteiger partial charge is 0.308 e. The lowest BCUT2D eigenvalue weighted by Gasteiger charge is -2.17. The maximum absolute atomic E-state index is 10.1. The molecule has 60 valence electrons. The van der Waals surface area contributed by atoms with Gasteiger partial charge in [0.05, 0.1) is 6.04 Å². The van der Waals surface area contributed by atoms with Crippen molar-refractivity contribution in [3.63, 3.8) is 0 Å². The summed E-state index contributed by atoms with van der Waals surface area (Å²) in [7, 11) is 0. The van der Waals surface area contributed by atoms with Crippen LogP contribution in [0.4, 0.5) is 0 Å². The minimum atomic E-state index is 0.156. The second-order valence-electron chi connectivity index (χ2n) is 2.19. The zero-order valence-corrected chi connectivity index (χ0v) is 6.89. The van der Waals surface area contributed by atoms with Crippen molar-refractivity contribution in [1.29, 1.82) is 0 Å². The minimum absolute atomic E-state index is 0.156. The smallest absolute Gasteiger partial charge is 0.136 e. The molecule has 2 heteroatoms. The molecule has 0 unspecified atom stereocenters. The second kappa shape index (κ2) is 6.75. The van der Waals surface area contributed by atoms with Crippen LogP contribution in [0.1, 0.15) is 33.1 Å². The molecular weight excluding hydrogens is 126 g/mol. The van der Waals surface area contributed by atoms with Crippen molar-refractivity contribution in [3.8, 4) is 0 Å². The van der Waals surface area contributed by atoms with Gasteiger partial charge in [0.2, 0.25) is 0 Å². The normalized spacial score (nSPS) is 24.4. The number of aldehydes is 1. The van der Waals surface area contributed by atoms with E-state index >= 15 is 0 Å². The summed E-state index contributed by atoms with van der Waals surface area (Å²) in [6, 6.07) is 0.156. The van der Waals surface area contributed by atoms with Crippen LogP contribution >= 0.6 is 0 Å². The van der Waals surface area contributed by atoms with Gasteiger partial charge in [-0.25, -0.2) is 0 Å². The average Bonchev–Trinajstić information content (AvgIpc) is 2.10. The van der Waals surface area contributed by atoms with Crippen molar-refractivity contribution in [2.75, 3.05) is 6.54 Å². The van der Waals surface area contributed by atoms with Gasteiger partial charge in [-0.3, -0.25) is 0 Å². The lowest BCUT2D eigenvalue weighted by molar-refractivity contribution is -0.110. The van der Waals surface area contributed by atoms with Crippen LogP contribution in [0.25, 0.3) is 0 Å². The third kappa shape index (κ3) is 3.62. The van der Waals surface area contributed by atoms with Gasteiger partial charge in [-0.05, 0) is 19.4 Å². The Morgan fingerprint density at radius 2 is 2.10 bits per heavy atom. The van der Waals surface area contributed by atoms with E-state index in [0.717, 1.165) is 19.3 Å². The number of hydrogen-bond acceptors (Lipinski definition) is 2. The van der Waals surface area contributed by atoms with Gasteiger partial charge >= 0.3 is 0 Å². The number of nitrogens with one attached hydrogen (secondary N) is 1. The molecule has 1 saturated heterocycles. The third-order valence-corrected chi connectivity index (χ3v) is 1.51. The standard InChI is InChI=1S/C6H11NO.C2H6/c8-5-6-3-1-2-4-7-6;1-2/h5-7H,1-4H2;1-2H3/t6-;/m1./s1. The van der Waals surface area contributed by atoms with E-state index in [-0.39, 0.29) is 6.04 Å². The summed E-state index contributed by atoms with van der Waals surface area (Å²) < 4.78 is 0. The van der Waals surface area contributed by atoms with Crippen LogP contribution in [0.15, 0.2) is 0 Å². The molecule has 0 aromatic heterocycles. The molecule has 0 bridgehead atoms. The Bertz CT molecular complexity index is 77.3. The molecular formula is C8H17NO. The fourth-order valence-electron chi connectivity index (χ4n) is 0.995. The topological polar surface area (TPSA) is 29.1 Å². The molecule has 1 N–H and O–H groups in total. The van der Waals surface area contributed by atoms with E-state index in [0.29, 0.717) is 0 Å². The van der Waals surface area contributed by atoms with Crippen LogP contribution in [0.3, 0.4) is 0 Å². The minimum Gasteiger partial charge on any atom is -0.308 e. The first-order chi connectivity index (χ1) is 4.93. The zero-order chi connectivity index (χ0) is 7.82. The van der Waals surface area contributed by atoms with E-state index in [4.69, 9.17) is 0 Å². The maximum atomic E-state index is 10.1. The number of piperidine rings is 1. The molecule has 0 amide bonds. The van der Waals surface area contributed by atoms with E-state index in [1.807, 2.05) is 13.8 Å². The van der Waals surface area contributed by atoms with Crippen LogP contribution in [-0.4, -0.2) is 18.9 Å². The van der Waals surface area contributed by atoms with Gasteiger partial charge in [0.1, 0.15) is 6.29 Å². The molecule has 0 saturated carbocycles. The Labute approximate surface area is 63.0 Å². The first-order valence-corrected chi connectivity index (χ1v) is 4.12. The molecule has 1 fully saturated rings. The highest BCUT2D eigenvalue weighted by Gasteiger charge is 2.09. The van der Waals surface area contributed by atoms with Crippen LogP contribution in [0, 0.1) is 0 Å². The Morgan fingerprint density at radius 3 is 2.40 bits per heavy atom. The fourth-order valence-corrected chi connectivity index (χ4v) is 0.995. The highest BCUT2D eigenvalue weighted by molar-refractivity contribution is 5.57. The molecule has 2 nitrogen and oxygen atoms in total. The predicted molar refractivity (Wildman–Crippen MR) is 43.1 cm³/mol. The van der Waals surface area contributed by atoms with Gasteiger partial charge in [-0.1, -0.05) is 20.3 Å². The molecule has 0 aromatic carbocycles. The Morgan fingerprint density at radius 1 is 1.40 bits per heavy atom. The van der Waals surface area contributed by atoms with Crippen LogP contribution in [-0.2, 0) is 4.79 Å². The second-order valence-corrected chi connectivity index (χ2v) is 2.19. The first-order valence-electron chi connectivity index (χ1n) is 4.12. The van der Waals surface area contributed by atoms with Crippen LogP contribution < -0.4 is 5.32 Å². The molecule has 1 rings (SSSR count). The summed E-state index contributed by atoms with van der Waals surface area (Å²) >= 11 is 0. The summed E-state index contributed by atoms with van der Waals surface area (Å²) in [4.78, 5) is 10.1. The quantitative estimate of drug-likeness (QED) is 0.561. The SMILES string of the molecule is CC.O=C[C@H]1CCCCN1. The molecule has 0 spiro atoms. The predicted octanol–water partition coefficient (Wildman–Crippen LogP) is 1.35. The van der Waals surface area contributed by atoms with E-state index in [2.05, 4.69) is 5.32 Å². The molecule has 0 radical (unpaired) electrons. The average molecular weight is 143 g/mol. The highest BCUT2D eigenvalue weighted by atomic mass is 16.1. The monoisotopic (exact) mass is 143 g/mol. The lowest BCUT2D eigenvalue weighted by atomic mass is 10.1. The van der Waals surface area contributed by atoms with Crippen LogP contribution in [0.5, 0.6) is 0 Å². The van der Waals surface area contributed by atoms with Gasteiger partial charge in [-0.15, -0.1) is 0 Å². The van der Waals surface area contributed by atoms with E-state index in [1.54, 1.807) is 0 Å². The Kier molecular flexibility index (Phi) is 6.50. The van der Waals surface area contributed by atoms with Crippen molar-refractivity contribution in [2.24, 2.45) is 0 Å². The zero-order valence-electron chi connectivity index (χ0n) is 6.89. The third-order valence-electron chi connectivity index (χ3n) is 1.51. The van der Waals surface area contributed by atoms with Crippen molar-refractivity contribution < 1.29 is 4.79 Å². The number of carbonyl (C=O) groups excluding carboxylic acids is 1. The summed E-state index contributed by atoms with van der Waals surface area (Å²) in [5.41, 5.74) is 0. The molecule has 1 aliphatic heterocycles. The van der Waals surface area contributed by atoms with Gasteiger partial charge in [0.15, 0.2) is 0 Å². The van der Waals surface area contributed by atoms with Crippen molar-refractivity contribution >= 4 is 6.29 Å². The van der Waals surface area contributed by atoms with Crippen molar-refractivity contribution in [2.45, 2.75) is 39.2 Å². The summed E-state index contributed by atoms with van der Waals surface area (Å²) in [5, 5.41) is 3.10. The van der Waals surface area contributed by atoms with E-state index in [9.17, 15) is 4.79 Å². The van der Waals surface area contributed by atoms with E-state index < -0.39 is 0 Å². The lowest BCUT2D eigenvalue weighted by Crippen LogP contribution is -2.34. The fraction of sp³-hybridized carbons (Fsp3) is 0.875. The molecule has 1 atom stereocenters. The molecule has 0 aromatic rings. The number of rotatable bonds is 1. The van der Waals surface area contributed by atoms with Gasteiger partial charge in [0.25, 0.3) is 0 Å². The van der Waals surface area contributed by atoms with Crippen LogP contribution in [0.2, 0.25) is 0 Å². The van der Waals surface area contributed by atoms with Gasteiger partial charge in [-0.2, -0.15) is 0 Å². The van der Waals surface area contributed by atoms with Crippen molar-refractivity contribution in [3.05, 3.63) is 0 Å².